The van der Waals surface area contributed by atoms with Crippen LogP contribution in [0.25, 0.3) is 11.5 Å². The van der Waals surface area contributed by atoms with Gasteiger partial charge in [-0.05, 0) is 37.6 Å². The number of rotatable bonds is 6. The van der Waals surface area contributed by atoms with Crippen molar-refractivity contribution in [3.05, 3.63) is 17.7 Å². The second-order valence-electron chi connectivity index (χ2n) is 4.69. The van der Waals surface area contributed by atoms with Gasteiger partial charge in [0.05, 0.1) is 12.1 Å². The second-order valence-corrected chi connectivity index (χ2v) is 4.69. The predicted octanol–water partition coefficient (Wildman–Crippen LogP) is 1.66. The minimum Gasteiger partial charge on any atom is -0.478 e. The number of carboxylic acids is 1. The van der Waals surface area contributed by atoms with Crippen LogP contribution in [0.4, 0.5) is 5.82 Å². The van der Waals surface area contributed by atoms with Gasteiger partial charge < -0.3 is 10.4 Å². The number of aryl methyl sites for hydroxylation is 1. The van der Waals surface area contributed by atoms with Crippen LogP contribution in [0.15, 0.2) is 12.1 Å². The van der Waals surface area contributed by atoms with Gasteiger partial charge in [-0.3, -0.25) is 0 Å². The molecule has 0 radical (unpaired) electrons. The van der Waals surface area contributed by atoms with Crippen molar-refractivity contribution in [2.24, 2.45) is 0 Å². The van der Waals surface area contributed by atoms with Crippen LogP contribution >= 0.6 is 0 Å². The summed E-state index contributed by atoms with van der Waals surface area (Å²) in [5, 5.41) is 24.3. The molecule has 0 unspecified atom stereocenters. The number of pyridine rings is 1. The average Bonchev–Trinajstić information content (AvgIpc) is 2.95. The number of aromatic nitrogens is 5. The quantitative estimate of drug-likeness (QED) is 0.833. The highest BCUT2D eigenvalue weighted by Crippen LogP contribution is 2.18. The molecule has 2 aromatic heterocycles. The molecular weight excluding hydrogens is 272 g/mol. The molecule has 0 aliphatic carbocycles. The topological polar surface area (TPSA) is 106 Å². The molecule has 0 saturated carbocycles. The van der Waals surface area contributed by atoms with Crippen molar-refractivity contribution in [2.45, 2.75) is 39.8 Å². The van der Waals surface area contributed by atoms with E-state index in [2.05, 4.69) is 25.7 Å². The molecule has 2 N–H and O–H groups in total. The third kappa shape index (κ3) is 3.53. The van der Waals surface area contributed by atoms with Crippen LogP contribution in [0.1, 0.15) is 37.6 Å². The van der Waals surface area contributed by atoms with E-state index in [-0.39, 0.29) is 11.6 Å². The first-order valence-electron chi connectivity index (χ1n) is 6.83. The Morgan fingerprint density at radius 1 is 1.43 bits per heavy atom. The zero-order valence-corrected chi connectivity index (χ0v) is 12.2. The lowest BCUT2D eigenvalue weighted by atomic mass is 10.2. The first kappa shape index (κ1) is 14.9. The lowest BCUT2D eigenvalue weighted by Crippen LogP contribution is -2.15. The fourth-order valence-electron chi connectivity index (χ4n) is 1.68. The van der Waals surface area contributed by atoms with Crippen LogP contribution in [0.5, 0.6) is 0 Å². The number of hydrogen-bond acceptors (Lipinski definition) is 6. The maximum atomic E-state index is 11.2. The Hall–Kier alpha value is -2.51. The minimum atomic E-state index is -1.02. The Morgan fingerprint density at radius 3 is 2.76 bits per heavy atom. The highest BCUT2D eigenvalue weighted by atomic mass is 16.4. The Balaban J connectivity index is 2.41. The molecule has 112 valence electrons. The van der Waals surface area contributed by atoms with E-state index in [1.54, 1.807) is 0 Å². The summed E-state index contributed by atoms with van der Waals surface area (Å²) in [7, 11) is 0. The molecule has 2 rings (SSSR count). The second kappa shape index (κ2) is 6.29. The smallest absolute Gasteiger partial charge is 0.335 e. The maximum absolute atomic E-state index is 11.2. The van der Waals surface area contributed by atoms with Crippen molar-refractivity contribution in [3.63, 3.8) is 0 Å². The summed E-state index contributed by atoms with van der Waals surface area (Å²) < 4.78 is 0. The normalized spacial score (nSPS) is 12.1. The van der Waals surface area contributed by atoms with Crippen molar-refractivity contribution in [1.82, 2.24) is 25.2 Å². The van der Waals surface area contributed by atoms with Crippen LogP contribution in [0, 0.1) is 0 Å². The fraction of sp³-hybridized carbons (Fsp3) is 0.462. The molecule has 0 saturated heterocycles. The first-order chi connectivity index (χ1) is 10.0. The Labute approximate surface area is 122 Å². The van der Waals surface area contributed by atoms with E-state index in [0.717, 1.165) is 6.42 Å². The van der Waals surface area contributed by atoms with E-state index in [4.69, 9.17) is 0 Å². The summed E-state index contributed by atoms with van der Waals surface area (Å²) in [6.45, 7) is 6.51. The van der Waals surface area contributed by atoms with E-state index >= 15 is 0 Å². The highest BCUT2D eigenvalue weighted by Gasteiger charge is 2.14. The molecule has 2 aromatic rings. The zero-order chi connectivity index (χ0) is 15.4. The molecule has 21 heavy (non-hydrogen) atoms. The summed E-state index contributed by atoms with van der Waals surface area (Å²) in [4.78, 5) is 17.0. The maximum Gasteiger partial charge on any atom is 0.335 e. The van der Waals surface area contributed by atoms with E-state index in [1.165, 1.54) is 16.9 Å². The number of tetrazole rings is 1. The van der Waals surface area contributed by atoms with Crippen molar-refractivity contribution < 1.29 is 9.90 Å². The molecule has 0 aromatic carbocycles. The van der Waals surface area contributed by atoms with Crippen molar-refractivity contribution >= 4 is 11.8 Å². The highest BCUT2D eigenvalue weighted by molar-refractivity contribution is 5.89. The largest absolute Gasteiger partial charge is 0.478 e. The number of nitrogens with one attached hydrogen (secondary N) is 1. The van der Waals surface area contributed by atoms with Gasteiger partial charge in [-0.15, -0.1) is 10.2 Å². The lowest BCUT2D eigenvalue weighted by Gasteiger charge is -2.13. The molecule has 8 nitrogen and oxygen atoms in total. The molecule has 0 aliphatic rings. The van der Waals surface area contributed by atoms with Gasteiger partial charge in [-0.2, -0.15) is 4.80 Å². The van der Waals surface area contributed by atoms with Gasteiger partial charge in [-0.1, -0.05) is 6.92 Å². The Bertz CT molecular complexity index is 639. The summed E-state index contributed by atoms with van der Waals surface area (Å²) >= 11 is 0. The van der Waals surface area contributed by atoms with Gasteiger partial charge >= 0.3 is 5.97 Å². The van der Waals surface area contributed by atoms with Gasteiger partial charge in [0, 0.05) is 6.04 Å². The van der Waals surface area contributed by atoms with Crippen LogP contribution in [0.2, 0.25) is 0 Å². The van der Waals surface area contributed by atoms with Crippen LogP contribution < -0.4 is 5.32 Å². The fourth-order valence-corrected chi connectivity index (χ4v) is 1.68. The van der Waals surface area contributed by atoms with Crippen LogP contribution in [-0.2, 0) is 6.54 Å². The van der Waals surface area contributed by atoms with Crippen molar-refractivity contribution in [2.75, 3.05) is 5.32 Å². The number of aromatic carboxylic acids is 1. The third-order valence-corrected chi connectivity index (χ3v) is 3.04. The van der Waals surface area contributed by atoms with Crippen molar-refractivity contribution in [1.29, 1.82) is 0 Å². The summed E-state index contributed by atoms with van der Waals surface area (Å²) in [6, 6.07) is 3.14. The number of hydrogen-bond donors (Lipinski definition) is 2. The average molecular weight is 290 g/mol. The lowest BCUT2D eigenvalue weighted by molar-refractivity contribution is 0.0697. The van der Waals surface area contributed by atoms with Gasteiger partial charge in [0.1, 0.15) is 11.5 Å². The third-order valence-electron chi connectivity index (χ3n) is 3.04. The predicted molar refractivity (Wildman–Crippen MR) is 77.1 cm³/mol. The van der Waals surface area contributed by atoms with E-state index in [9.17, 15) is 9.90 Å². The molecule has 2 heterocycles. The van der Waals surface area contributed by atoms with E-state index in [1.807, 2.05) is 20.8 Å². The van der Waals surface area contributed by atoms with Crippen molar-refractivity contribution in [3.8, 4) is 11.5 Å². The SMILES string of the molecule is CC[C@H](C)Nc1cc(C(=O)O)cc(-c2nnn(CC)n2)n1. The molecule has 0 aliphatic heterocycles. The van der Waals surface area contributed by atoms with Crippen LogP contribution in [0.3, 0.4) is 0 Å². The number of anilines is 1. The van der Waals surface area contributed by atoms with Gasteiger partial charge in [-0.25, -0.2) is 9.78 Å². The number of carboxylic acid groups (broad SMARTS) is 1. The number of carbonyl (C=O) groups is 1. The standard InChI is InChI=1S/C13H18N6O2/c1-4-8(3)14-11-7-9(13(20)21)6-10(15-11)12-16-18-19(5-2)17-12/h6-8H,4-5H2,1-3H3,(H,14,15)(H,20,21)/t8-/m0/s1. The van der Waals surface area contributed by atoms with Gasteiger partial charge in [0.15, 0.2) is 0 Å². The molecule has 0 amide bonds. The molecule has 0 bridgehead atoms. The molecule has 0 spiro atoms. The molecular formula is C13H18N6O2. The van der Waals surface area contributed by atoms with Gasteiger partial charge in [0.25, 0.3) is 0 Å². The number of nitrogens with zero attached hydrogens (tertiary/aromatic N) is 5. The summed E-state index contributed by atoms with van der Waals surface area (Å²) in [5.41, 5.74) is 0.527. The van der Waals surface area contributed by atoms with E-state index < -0.39 is 5.97 Å². The van der Waals surface area contributed by atoms with Crippen LogP contribution in [-0.4, -0.2) is 42.3 Å². The Kier molecular flexibility index (Phi) is 4.46. The first-order valence-corrected chi connectivity index (χ1v) is 6.83. The van der Waals surface area contributed by atoms with Gasteiger partial charge in [0.2, 0.25) is 5.82 Å². The Morgan fingerprint density at radius 2 is 2.19 bits per heavy atom. The molecule has 8 heteroatoms. The summed E-state index contributed by atoms with van der Waals surface area (Å²) in [6.07, 6.45) is 0.901. The van der Waals surface area contributed by atoms with E-state index in [0.29, 0.717) is 23.9 Å². The zero-order valence-electron chi connectivity index (χ0n) is 12.2. The minimum absolute atomic E-state index is 0.138. The molecule has 1 atom stereocenters. The monoisotopic (exact) mass is 290 g/mol. The summed E-state index contributed by atoms with van der Waals surface area (Å²) in [5.74, 6) is -0.215. The molecule has 0 fully saturated rings.